The first kappa shape index (κ1) is 8.97. The number of phenolic OH excluding ortho intramolecular Hbond substituents is 1. The molecule has 0 aliphatic rings. The lowest BCUT2D eigenvalue weighted by Gasteiger charge is -2.06. The molecule has 0 fully saturated rings. The van der Waals surface area contributed by atoms with Crippen LogP contribution < -0.4 is 0 Å². The molecule has 0 spiro atoms. The molecular weight excluding hydrogens is 162 g/mol. The summed E-state index contributed by atoms with van der Waals surface area (Å²) < 4.78 is 24.4. The van der Waals surface area contributed by atoms with E-state index < -0.39 is 6.43 Å². The number of hydrogen-bond acceptors (Lipinski definition) is 1. The summed E-state index contributed by atoms with van der Waals surface area (Å²) in [5.41, 5.74) is 0.280. The van der Waals surface area contributed by atoms with Crippen LogP contribution in [-0.2, 0) is 6.42 Å². The SMILES string of the molecule is CCc1cccc(C(F)F)c1O. The fourth-order valence-electron chi connectivity index (χ4n) is 1.07. The number of para-hydroxylation sites is 1. The van der Waals surface area contributed by atoms with Gasteiger partial charge in [0.25, 0.3) is 6.43 Å². The zero-order chi connectivity index (χ0) is 9.14. The van der Waals surface area contributed by atoms with Gasteiger partial charge >= 0.3 is 0 Å². The molecule has 0 amide bonds. The molecule has 1 aromatic carbocycles. The molecule has 1 rings (SSSR count). The van der Waals surface area contributed by atoms with E-state index in [0.717, 1.165) is 0 Å². The van der Waals surface area contributed by atoms with Crippen molar-refractivity contribution in [1.29, 1.82) is 0 Å². The van der Waals surface area contributed by atoms with E-state index in [1.807, 2.05) is 6.92 Å². The zero-order valence-electron chi connectivity index (χ0n) is 6.72. The minimum absolute atomic E-state index is 0.269. The second kappa shape index (κ2) is 3.52. The number of rotatable bonds is 2. The maximum atomic E-state index is 12.2. The molecule has 66 valence electrons. The van der Waals surface area contributed by atoms with Gasteiger partial charge in [0.15, 0.2) is 0 Å². The highest BCUT2D eigenvalue weighted by Crippen LogP contribution is 2.30. The summed E-state index contributed by atoms with van der Waals surface area (Å²) in [5, 5.41) is 9.28. The Morgan fingerprint density at radius 2 is 2.08 bits per heavy atom. The molecule has 0 aliphatic heterocycles. The van der Waals surface area contributed by atoms with Crippen LogP contribution in [0.15, 0.2) is 18.2 Å². The second-order valence-corrected chi connectivity index (χ2v) is 2.51. The van der Waals surface area contributed by atoms with Gasteiger partial charge in [0.2, 0.25) is 0 Å². The topological polar surface area (TPSA) is 20.2 Å². The molecule has 0 radical (unpaired) electrons. The van der Waals surface area contributed by atoms with Crippen molar-refractivity contribution in [3.8, 4) is 5.75 Å². The van der Waals surface area contributed by atoms with Crippen molar-refractivity contribution in [2.45, 2.75) is 19.8 Å². The molecule has 0 aromatic heterocycles. The van der Waals surface area contributed by atoms with Gasteiger partial charge in [-0.15, -0.1) is 0 Å². The van der Waals surface area contributed by atoms with Crippen LogP contribution in [0.3, 0.4) is 0 Å². The van der Waals surface area contributed by atoms with Crippen LogP contribution in [0.1, 0.15) is 24.5 Å². The Hall–Kier alpha value is -1.12. The molecule has 0 atom stereocenters. The molecule has 0 unspecified atom stereocenters. The van der Waals surface area contributed by atoms with Crippen LogP contribution in [0.25, 0.3) is 0 Å². The number of phenols is 1. The van der Waals surface area contributed by atoms with Crippen LogP contribution in [0, 0.1) is 0 Å². The molecule has 1 nitrogen and oxygen atoms in total. The largest absolute Gasteiger partial charge is 0.507 e. The summed E-state index contributed by atoms with van der Waals surface area (Å²) >= 11 is 0. The predicted molar refractivity (Wildman–Crippen MR) is 42.4 cm³/mol. The highest BCUT2D eigenvalue weighted by molar-refractivity contribution is 5.40. The Labute approximate surface area is 69.7 Å². The molecule has 3 heteroatoms. The molecule has 0 saturated heterocycles. The summed E-state index contributed by atoms with van der Waals surface area (Å²) in [4.78, 5) is 0. The Morgan fingerprint density at radius 1 is 1.42 bits per heavy atom. The zero-order valence-corrected chi connectivity index (χ0v) is 6.72. The lowest BCUT2D eigenvalue weighted by atomic mass is 10.1. The fraction of sp³-hybridized carbons (Fsp3) is 0.333. The monoisotopic (exact) mass is 172 g/mol. The van der Waals surface area contributed by atoms with Crippen molar-refractivity contribution in [2.75, 3.05) is 0 Å². The maximum Gasteiger partial charge on any atom is 0.267 e. The lowest BCUT2D eigenvalue weighted by molar-refractivity contribution is 0.147. The first-order chi connectivity index (χ1) is 5.66. The third-order valence-electron chi connectivity index (χ3n) is 1.77. The average molecular weight is 172 g/mol. The van der Waals surface area contributed by atoms with E-state index in [0.29, 0.717) is 12.0 Å². The number of alkyl halides is 2. The van der Waals surface area contributed by atoms with E-state index >= 15 is 0 Å². The first-order valence-corrected chi connectivity index (χ1v) is 3.75. The summed E-state index contributed by atoms with van der Waals surface area (Å²) in [6.45, 7) is 1.81. The Balaban J connectivity index is 3.14. The molecule has 1 N–H and O–H groups in total. The van der Waals surface area contributed by atoms with Gasteiger partial charge < -0.3 is 5.11 Å². The summed E-state index contributed by atoms with van der Waals surface area (Å²) in [5.74, 6) is -0.269. The molecule has 0 heterocycles. The number of halogens is 2. The molecule has 0 aliphatic carbocycles. The molecular formula is C9H10F2O. The van der Waals surface area contributed by atoms with Crippen LogP contribution >= 0.6 is 0 Å². The summed E-state index contributed by atoms with van der Waals surface area (Å²) in [6.07, 6.45) is -2.04. The molecule has 1 aromatic rings. The number of benzene rings is 1. The van der Waals surface area contributed by atoms with E-state index in [9.17, 15) is 13.9 Å². The number of aryl methyl sites for hydroxylation is 1. The molecule has 0 bridgehead atoms. The minimum Gasteiger partial charge on any atom is -0.507 e. The first-order valence-electron chi connectivity index (χ1n) is 3.75. The van der Waals surface area contributed by atoms with Crippen molar-refractivity contribution in [2.24, 2.45) is 0 Å². The normalized spacial score (nSPS) is 10.7. The van der Waals surface area contributed by atoms with Crippen LogP contribution in [0.2, 0.25) is 0 Å². The third kappa shape index (κ3) is 1.55. The van der Waals surface area contributed by atoms with E-state index in [1.165, 1.54) is 12.1 Å². The van der Waals surface area contributed by atoms with E-state index in [-0.39, 0.29) is 11.3 Å². The fourth-order valence-corrected chi connectivity index (χ4v) is 1.07. The van der Waals surface area contributed by atoms with Gasteiger partial charge in [-0.2, -0.15) is 0 Å². The Morgan fingerprint density at radius 3 is 2.58 bits per heavy atom. The molecule has 12 heavy (non-hydrogen) atoms. The Bertz CT molecular complexity index is 271. The summed E-state index contributed by atoms with van der Waals surface area (Å²) in [6, 6.07) is 4.40. The van der Waals surface area contributed by atoms with Gasteiger partial charge in [0.1, 0.15) is 5.75 Å². The van der Waals surface area contributed by atoms with Crippen LogP contribution in [-0.4, -0.2) is 5.11 Å². The highest BCUT2D eigenvalue weighted by Gasteiger charge is 2.13. The van der Waals surface area contributed by atoms with Crippen molar-refractivity contribution in [3.63, 3.8) is 0 Å². The van der Waals surface area contributed by atoms with Gasteiger partial charge in [0.05, 0.1) is 5.56 Å². The number of hydrogen-bond donors (Lipinski definition) is 1. The summed E-state index contributed by atoms with van der Waals surface area (Å²) in [7, 11) is 0. The highest BCUT2D eigenvalue weighted by atomic mass is 19.3. The van der Waals surface area contributed by atoms with E-state index in [2.05, 4.69) is 0 Å². The smallest absolute Gasteiger partial charge is 0.267 e. The van der Waals surface area contributed by atoms with Gasteiger partial charge in [-0.1, -0.05) is 19.1 Å². The maximum absolute atomic E-state index is 12.2. The van der Waals surface area contributed by atoms with Gasteiger partial charge in [-0.05, 0) is 18.1 Å². The third-order valence-corrected chi connectivity index (χ3v) is 1.77. The van der Waals surface area contributed by atoms with Gasteiger partial charge in [0, 0.05) is 0 Å². The lowest BCUT2D eigenvalue weighted by Crippen LogP contribution is -1.89. The average Bonchev–Trinajstić information content (AvgIpc) is 2.04. The van der Waals surface area contributed by atoms with Crippen LogP contribution in [0.5, 0.6) is 5.75 Å². The molecule has 0 saturated carbocycles. The van der Waals surface area contributed by atoms with Crippen molar-refractivity contribution in [3.05, 3.63) is 29.3 Å². The van der Waals surface area contributed by atoms with Crippen molar-refractivity contribution < 1.29 is 13.9 Å². The van der Waals surface area contributed by atoms with Crippen molar-refractivity contribution >= 4 is 0 Å². The quantitative estimate of drug-likeness (QED) is 0.727. The second-order valence-electron chi connectivity index (χ2n) is 2.51. The standard InChI is InChI=1S/C9H10F2O/c1-2-6-4-3-5-7(8(6)12)9(10)11/h3-5,9,12H,2H2,1H3. The van der Waals surface area contributed by atoms with Crippen molar-refractivity contribution in [1.82, 2.24) is 0 Å². The Kier molecular flexibility index (Phi) is 2.63. The minimum atomic E-state index is -2.60. The van der Waals surface area contributed by atoms with Gasteiger partial charge in [-0.25, -0.2) is 8.78 Å². The number of aromatic hydroxyl groups is 1. The van der Waals surface area contributed by atoms with E-state index in [1.54, 1.807) is 6.07 Å². The van der Waals surface area contributed by atoms with Crippen LogP contribution in [0.4, 0.5) is 8.78 Å². The van der Waals surface area contributed by atoms with E-state index in [4.69, 9.17) is 0 Å². The predicted octanol–water partition coefficient (Wildman–Crippen LogP) is 2.89. The van der Waals surface area contributed by atoms with Gasteiger partial charge in [-0.3, -0.25) is 0 Å².